The summed E-state index contributed by atoms with van der Waals surface area (Å²) < 4.78 is 5.03. The predicted molar refractivity (Wildman–Crippen MR) is 108 cm³/mol. The molecule has 2 amide bonds. The van der Waals surface area contributed by atoms with Gasteiger partial charge in [0.2, 0.25) is 0 Å². The summed E-state index contributed by atoms with van der Waals surface area (Å²) in [5.41, 5.74) is 3.96. The van der Waals surface area contributed by atoms with Crippen LogP contribution in [0.25, 0.3) is 0 Å². The van der Waals surface area contributed by atoms with Crippen molar-refractivity contribution in [1.29, 1.82) is 0 Å². The number of ether oxygens (including phenoxy) is 1. The van der Waals surface area contributed by atoms with Gasteiger partial charge < -0.3 is 15.2 Å². The molecule has 2 aromatic rings. The van der Waals surface area contributed by atoms with Crippen LogP contribution in [0.5, 0.6) is 5.75 Å². The minimum absolute atomic E-state index is 0.414. The molecule has 146 valence electrons. The van der Waals surface area contributed by atoms with Crippen molar-refractivity contribution in [2.45, 2.75) is 33.6 Å². The molecule has 0 unspecified atom stereocenters. The number of anilines is 1. The number of carboxylic acid groups (broad SMARTS) is 1. The highest BCUT2D eigenvalue weighted by atomic mass is 16.6. The van der Waals surface area contributed by atoms with Crippen molar-refractivity contribution in [2.75, 3.05) is 19.0 Å². The fourth-order valence-corrected chi connectivity index (χ4v) is 2.19. The highest BCUT2D eigenvalue weighted by Crippen LogP contribution is 2.21. The van der Waals surface area contributed by atoms with E-state index in [2.05, 4.69) is 19.2 Å². The number of carbonyl (C=O) groups is 2. The molecule has 2 aromatic carbocycles. The van der Waals surface area contributed by atoms with Gasteiger partial charge in [0.1, 0.15) is 5.75 Å². The van der Waals surface area contributed by atoms with Gasteiger partial charge in [0.25, 0.3) is 0 Å². The van der Waals surface area contributed by atoms with Crippen molar-refractivity contribution in [2.24, 2.45) is 0 Å². The second-order valence-electron chi connectivity index (χ2n) is 6.43. The summed E-state index contributed by atoms with van der Waals surface area (Å²) in [5.74, 6) is 1.02. The Labute approximate surface area is 160 Å². The zero-order valence-electron chi connectivity index (χ0n) is 16.7. The van der Waals surface area contributed by atoms with E-state index in [1.165, 1.54) is 11.9 Å². The molecule has 0 spiro atoms. The maximum Gasteiger partial charge on any atom is 0.412 e. The van der Waals surface area contributed by atoms with Crippen LogP contribution in [0.3, 0.4) is 0 Å². The molecule has 2 N–H and O–H groups in total. The van der Waals surface area contributed by atoms with E-state index >= 15 is 0 Å². The third-order valence-corrected chi connectivity index (χ3v) is 4.17. The first kappa shape index (κ1) is 22.0. The molecule has 0 aliphatic rings. The third-order valence-electron chi connectivity index (χ3n) is 4.17. The lowest BCUT2D eigenvalue weighted by Gasteiger charge is -2.15. The van der Waals surface area contributed by atoms with Gasteiger partial charge in [-0.2, -0.15) is 0 Å². The number of benzene rings is 2. The van der Waals surface area contributed by atoms with Crippen molar-refractivity contribution in [1.82, 2.24) is 5.32 Å². The van der Waals surface area contributed by atoms with Gasteiger partial charge in [-0.15, -0.1) is 0 Å². The van der Waals surface area contributed by atoms with E-state index in [1.54, 1.807) is 19.2 Å². The van der Waals surface area contributed by atoms with Crippen molar-refractivity contribution in [3.8, 4) is 5.75 Å². The predicted octanol–water partition coefficient (Wildman–Crippen LogP) is 4.95. The fourth-order valence-electron chi connectivity index (χ4n) is 2.19. The Morgan fingerprint density at radius 1 is 1.11 bits per heavy atom. The van der Waals surface area contributed by atoms with Gasteiger partial charge in [-0.3, -0.25) is 4.90 Å². The third kappa shape index (κ3) is 6.66. The second-order valence-corrected chi connectivity index (χ2v) is 6.43. The standard InChI is InChI=1S/C11H15NO2.C10H13NO2/c1-8(2)9-5-4-6-10(7-9)12(3)11(13)14;1-7-5-4-6-9(8(7)2)13-10(12)11-3/h4-8H,1-3H3,(H,13,14);4-6H,1-3H3,(H,11,12). The quantitative estimate of drug-likeness (QED) is 0.799. The largest absolute Gasteiger partial charge is 0.465 e. The molecule has 0 aliphatic carbocycles. The number of carbonyl (C=O) groups excluding carboxylic acids is 1. The molecule has 2 rings (SSSR count). The van der Waals surface area contributed by atoms with Gasteiger partial charge in [0, 0.05) is 19.8 Å². The van der Waals surface area contributed by atoms with Gasteiger partial charge in [0.05, 0.1) is 0 Å². The highest BCUT2D eigenvalue weighted by Gasteiger charge is 2.09. The molecule has 0 bridgehead atoms. The number of aryl methyl sites for hydroxylation is 1. The number of hydrogen-bond donors (Lipinski definition) is 2. The Bertz CT molecular complexity index is 788. The summed E-state index contributed by atoms with van der Waals surface area (Å²) in [4.78, 5) is 22.8. The van der Waals surface area contributed by atoms with Gasteiger partial charge in [-0.25, -0.2) is 9.59 Å². The molecule has 27 heavy (non-hydrogen) atoms. The van der Waals surface area contributed by atoms with Crippen LogP contribution >= 0.6 is 0 Å². The molecule has 0 radical (unpaired) electrons. The fraction of sp³-hybridized carbons (Fsp3) is 0.333. The Hall–Kier alpha value is -3.02. The summed E-state index contributed by atoms with van der Waals surface area (Å²) in [5, 5.41) is 11.2. The Morgan fingerprint density at radius 2 is 1.74 bits per heavy atom. The first-order chi connectivity index (χ1) is 12.7. The monoisotopic (exact) mass is 372 g/mol. The summed E-state index contributed by atoms with van der Waals surface area (Å²) >= 11 is 0. The molecule has 6 nitrogen and oxygen atoms in total. The van der Waals surface area contributed by atoms with Crippen LogP contribution in [0.15, 0.2) is 42.5 Å². The van der Waals surface area contributed by atoms with Crippen LogP contribution in [0.2, 0.25) is 0 Å². The van der Waals surface area contributed by atoms with Gasteiger partial charge in [0.15, 0.2) is 0 Å². The summed E-state index contributed by atoms with van der Waals surface area (Å²) in [7, 11) is 3.08. The molecule has 0 saturated carbocycles. The molecule has 0 saturated heterocycles. The van der Waals surface area contributed by atoms with Gasteiger partial charge in [-0.1, -0.05) is 38.1 Å². The number of nitrogens with one attached hydrogen (secondary N) is 1. The van der Waals surface area contributed by atoms with Crippen molar-refractivity contribution in [3.05, 3.63) is 59.2 Å². The minimum Gasteiger partial charge on any atom is -0.465 e. The number of amides is 2. The minimum atomic E-state index is -0.939. The van der Waals surface area contributed by atoms with Crippen molar-refractivity contribution < 1.29 is 19.4 Å². The summed E-state index contributed by atoms with van der Waals surface area (Å²) in [6.07, 6.45) is -1.38. The molecule has 0 heterocycles. The Kier molecular flexibility index (Phi) is 8.33. The molecule has 0 atom stereocenters. The second kappa shape index (κ2) is 10.2. The Balaban J connectivity index is 0.000000271. The zero-order chi connectivity index (χ0) is 20.6. The smallest absolute Gasteiger partial charge is 0.412 e. The van der Waals surface area contributed by atoms with E-state index in [9.17, 15) is 9.59 Å². The first-order valence-corrected chi connectivity index (χ1v) is 8.69. The van der Waals surface area contributed by atoms with E-state index < -0.39 is 12.2 Å². The highest BCUT2D eigenvalue weighted by molar-refractivity contribution is 5.85. The lowest BCUT2D eigenvalue weighted by Crippen LogP contribution is -2.23. The first-order valence-electron chi connectivity index (χ1n) is 8.69. The van der Waals surface area contributed by atoms with Gasteiger partial charge >= 0.3 is 12.2 Å². The zero-order valence-corrected chi connectivity index (χ0v) is 16.7. The topological polar surface area (TPSA) is 78.9 Å². The van der Waals surface area contributed by atoms with Crippen LogP contribution in [0, 0.1) is 13.8 Å². The van der Waals surface area contributed by atoms with E-state index in [0.717, 1.165) is 16.7 Å². The van der Waals surface area contributed by atoms with E-state index in [1.807, 2.05) is 44.2 Å². The molecule has 0 aliphatic heterocycles. The van der Waals surface area contributed by atoms with E-state index in [0.29, 0.717) is 17.4 Å². The maximum atomic E-state index is 10.9. The van der Waals surface area contributed by atoms with Gasteiger partial charge in [-0.05, 0) is 54.7 Å². The maximum absolute atomic E-state index is 10.9. The van der Waals surface area contributed by atoms with Crippen LogP contribution < -0.4 is 15.0 Å². The molecular weight excluding hydrogens is 344 g/mol. The average molecular weight is 372 g/mol. The van der Waals surface area contributed by atoms with E-state index in [4.69, 9.17) is 9.84 Å². The van der Waals surface area contributed by atoms with Crippen LogP contribution in [-0.4, -0.2) is 31.4 Å². The molecular formula is C21H28N2O4. The molecule has 0 aromatic heterocycles. The van der Waals surface area contributed by atoms with Crippen LogP contribution in [0.1, 0.15) is 36.5 Å². The van der Waals surface area contributed by atoms with Crippen LogP contribution in [0.4, 0.5) is 15.3 Å². The Morgan fingerprint density at radius 3 is 2.30 bits per heavy atom. The molecule has 0 fully saturated rings. The van der Waals surface area contributed by atoms with Crippen molar-refractivity contribution >= 4 is 17.9 Å². The number of nitrogens with zero attached hydrogens (tertiary/aromatic N) is 1. The lowest BCUT2D eigenvalue weighted by molar-refractivity contribution is 0.202. The average Bonchev–Trinajstić information content (AvgIpc) is 2.65. The number of rotatable bonds is 3. The summed E-state index contributed by atoms with van der Waals surface area (Å²) in [6, 6.07) is 13.2. The number of hydrogen-bond acceptors (Lipinski definition) is 3. The van der Waals surface area contributed by atoms with Crippen molar-refractivity contribution in [3.63, 3.8) is 0 Å². The normalized spacial score (nSPS) is 9.89. The van der Waals surface area contributed by atoms with Crippen LogP contribution in [-0.2, 0) is 0 Å². The van der Waals surface area contributed by atoms with E-state index in [-0.39, 0.29) is 0 Å². The molecule has 6 heteroatoms. The summed E-state index contributed by atoms with van der Waals surface area (Å²) in [6.45, 7) is 8.07. The SMILES string of the molecule is CC(C)c1cccc(N(C)C(=O)O)c1.CNC(=O)Oc1cccc(C)c1C. The lowest BCUT2D eigenvalue weighted by atomic mass is 10.0.